The molecular weight excluding hydrogens is 338 g/mol. The first-order valence-corrected chi connectivity index (χ1v) is 9.53. The molecule has 7 nitrogen and oxygen atoms in total. The summed E-state index contributed by atoms with van der Waals surface area (Å²) in [5.74, 6) is 1.73. The van der Waals surface area contributed by atoms with Gasteiger partial charge in [0.2, 0.25) is 0 Å². The van der Waals surface area contributed by atoms with Gasteiger partial charge >= 0.3 is 0 Å². The molecule has 1 aliphatic heterocycles. The van der Waals surface area contributed by atoms with Crippen LogP contribution in [0.2, 0.25) is 0 Å². The van der Waals surface area contributed by atoms with Crippen LogP contribution in [0.3, 0.4) is 0 Å². The summed E-state index contributed by atoms with van der Waals surface area (Å²) in [4.78, 5) is 18.0. The van der Waals surface area contributed by atoms with E-state index >= 15 is 0 Å². The van der Waals surface area contributed by atoms with Crippen molar-refractivity contribution in [2.75, 3.05) is 25.0 Å². The zero-order valence-corrected chi connectivity index (χ0v) is 15.6. The Morgan fingerprint density at radius 1 is 1.11 bits per heavy atom. The molecule has 1 atom stereocenters. The van der Waals surface area contributed by atoms with Crippen LogP contribution in [0, 0.1) is 0 Å². The second-order valence-electron chi connectivity index (χ2n) is 6.88. The van der Waals surface area contributed by atoms with E-state index < -0.39 is 0 Å². The Hall–Kier alpha value is -2.80. The number of aromatic nitrogens is 5. The third-order valence-electron chi connectivity index (χ3n) is 5.01. The fourth-order valence-electron chi connectivity index (χ4n) is 3.40. The number of hydrogen-bond donors (Lipinski definition) is 2. The highest BCUT2D eigenvalue weighted by Gasteiger charge is 2.17. The Kier molecular flexibility index (Phi) is 5.39. The molecule has 0 spiro atoms. The highest BCUT2D eigenvalue weighted by atomic mass is 15.1. The predicted octanol–water partition coefficient (Wildman–Crippen LogP) is 2.49. The number of anilines is 1. The molecule has 0 saturated carbocycles. The van der Waals surface area contributed by atoms with Gasteiger partial charge in [-0.1, -0.05) is 0 Å². The molecule has 0 bridgehead atoms. The zero-order valence-electron chi connectivity index (χ0n) is 15.6. The predicted molar refractivity (Wildman–Crippen MR) is 106 cm³/mol. The summed E-state index contributed by atoms with van der Waals surface area (Å²) in [6.45, 7) is 4.98. The monoisotopic (exact) mass is 363 g/mol. The van der Waals surface area contributed by atoms with Gasteiger partial charge in [0, 0.05) is 61.5 Å². The van der Waals surface area contributed by atoms with Gasteiger partial charge in [-0.15, -0.1) is 0 Å². The lowest BCUT2D eigenvalue weighted by atomic mass is 10.1. The highest BCUT2D eigenvalue weighted by Crippen LogP contribution is 2.24. The number of hydrogen-bond acceptors (Lipinski definition) is 6. The average Bonchev–Trinajstić information content (AvgIpc) is 3.14. The van der Waals surface area contributed by atoms with E-state index in [1.54, 1.807) is 12.4 Å². The van der Waals surface area contributed by atoms with E-state index in [9.17, 15) is 0 Å². The minimum atomic E-state index is 0.391. The summed E-state index contributed by atoms with van der Waals surface area (Å²) in [6, 6.07) is 4.31. The van der Waals surface area contributed by atoms with Crippen LogP contribution in [0.15, 0.2) is 43.2 Å². The number of pyridine rings is 1. The Morgan fingerprint density at radius 2 is 1.96 bits per heavy atom. The van der Waals surface area contributed by atoms with Crippen molar-refractivity contribution in [3.05, 3.63) is 54.5 Å². The number of nitrogens with zero attached hydrogens (tertiary/aromatic N) is 5. The summed E-state index contributed by atoms with van der Waals surface area (Å²) in [7, 11) is 0. The van der Waals surface area contributed by atoms with E-state index in [4.69, 9.17) is 9.97 Å². The van der Waals surface area contributed by atoms with Gasteiger partial charge in [-0.05, 0) is 38.4 Å². The molecule has 0 unspecified atom stereocenters. The molecule has 140 valence electrons. The first kappa shape index (κ1) is 17.6. The average molecular weight is 363 g/mol. The maximum Gasteiger partial charge on any atom is 0.161 e. The molecule has 27 heavy (non-hydrogen) atoms. The van der Waals surface area contributed by atoms with E-state index in [0.717, 1.165) is 61.8 Å². The van der Waals surface area contributed by atoms with E-state index in [1.807, 2.05) is 30.9 Å². The number of imidazole rings is 1. The molecule has 0 radical (unpaired) electrons. The maximum absolute atomic E-state index is 4.86. The Morgan fingerprint density at radius 3 is 2.78 bits per heavy atom. The number of fused-ring (bicyclic) bond motifs is 1. The third-order valence-corrected chi connectivity index (χ3v) is 5.01. The topological polar surface area (TPSA) is 80.5 Å². The maximum atomic E-state index is 4.86. The summed E-state index contributed by atoms with van der Waals surface area (Å²) >= 11 is 0. The first-order valence-electron chi connectivity index (χ1n) is 9.53. The zero-order chi connectivity index (χ0) is 18.5. The van der Waals surface area contributed by atoms with E-state index in [2.05, 4.69) is 32.1 Å². The lowest BCUT2D eigenvalue weighted by Gasteiger charge is -2.17. The van der Waals surface area contributed by atoms with Gasteiger partial charge < -0.3 is 15.2 Å². The molecule has 0 aliphatic carbocycles. The van der Waals surface area contributed by atoms with E-state index in [-0.39, 0.29) is 0 Å². The minimum absolute atomic E-state index is 0.391. The van der Waals surface area contributed by atoms with Crippen molar-refractivity contribution in [3.8, 4) is 11.4 Å². The molecule has 0 amide bonds. The van der Waals surface area contributed by atoms with Crippen molar-refractivity contribution in [3.63, 3.8) is 0 Å². The van der Waals surface area contributed by atoms with Crippen LogP contribution in [0.1, 0.15) is 30.6 Å². The standard InChI is InChI=1S/C20H25N7/c1-15(27-13-12-23-14-27)2-11-24-20-17-5-9-22-10-6-18(17)25-19(26-20)16-3-7-21-8-4-16/h3-4,7-8,12-15,22H,2,5-6,9-11H2,1H3,(H,24,25,26)/t15-/m1/s1. The molecule has 4 rings (SSSR count). The van der Waals surface area contributed by atoms with E-state index in [1.165, 1.54) is 5.56 Å². The second kappa shape index (κ2) is 8.26. The van der Waals surface area contributed by atoms with Crippen molar-refractivity contribution in [2.24, 2.45) is 0 Å². The molecule has 0 saturated heterocycles. The summed E-state index contributed by atoms with van der Waals surface area (Å²) < 4.78 is 2.13. The number of nitrogens with one attached hydrogen (secondary N) is 2. The fourth-order valence-corrected chi connectivity index (χ4v) is 3.40. The van der Waals surface area contributed by atoms with Crippen molar-refractivity contribution < 1.29 is 0 Å². The highest BCUT2D eigenvalue weighted by molar-refractivity contribution is 5.59. The van der Waals surface area contributed by atoms with Crippen LogP contribution in [-0.4, -0.2) is 44.1 Å². The molecule has 3 aromatic heterocycles. The van der Waals surface area contributed by atoms with Gasteiger partial charge in [-0.25, -0.2) is 15.0 Å². The Bertz CT molecular complexity index is 862. The van der Waals surface area contributed by atoms with Gasteiger partial charge in [-0.3, -0.25) is 4.98 Å². The molecule has 3 aromatic rings. The molecular formula is C20H25N7. The van der Waals surface area contributed by atoms with Crippen LogP contribution in [0.4, 0.5) is 5.82 Å². The molecule has 0 fully saturated rings. The van der Waals surface area contributed by atoms with Gasteiger partial charge in [0.15, 0.2) is 5.82 Å². The SMILES string of the molecule is C[C@H](CCNc1nc(-c2ccncc2)nc2c1CCNCC2)n1ccnc1. The smallest absolute Gasteiger partial charge is 0.161 e. The van der Waals surface area contributed by atoms with Crippen LogP contribution in [0.5, 0.6) is 0 Å². The molecule has 4 heterocycles. The van der Waals surface area contributed by atoms with Crippen molar-refractivity contribution >= 4 is 5.82 Å². The summed E-state index contributed by atoms with van der Waals surface area (Å²) in [6.07, 6.45) is 12.1. The van der Waals surface area contributed by atoms with Crippen LogP contribution >= 0.6 is 0 Å². The van der Waals surface area contributed by atoms with Gasteiger partial charge in [0.1, 0.15) is 5.82 Å². The largest absolute Gasteiger partial charge is 0.370 e. The van der Waals surface area contributed by atoms with Crippen molar-refractivity contribution in [1.29, 1.82) is 0 Å². The first-order chi connectivity index (χ1) is 13.3. The summed E-state index contributed by atoms with van der Waals surface area (Å²) in [5, 5.41) is 7.03. The molecule has 2 N–H and O–H groups in total. The van der Waals surface area contributed by atoms with Crippen LogP contribution < -0.4 is 10.6 Å². The van der Waals surface area contributed by atoms with E-state index in [0.29, 0.717) is 6.04 Å². The van der Waals surface area contributed by atoms with Gasteiger partial charge in [0.05, 0.1) is 12.0 Å². The fraction of sp³-hybridized carbons (Fsp3) is 0.400. The quantitative estimate of drug-likeness (QED) is 0.700. The molecule has 1 aliphatic rings. The molecule has 7 heteroatoms. The molecule has 0 aromatic carbocycles. The summed E-state index contributed by atoms with van der Waals surface area (Å²) in [5.41, 5.74) is 3.39. The third kappa shape index (κ3) is 4.14. The second-order valence-corrected chi connectivity index (χ2v) is 6.88. The lowest BCUT2D eigenvalue weighted by molar-refractivity contribution is 0.519. The van der Waals surface area contributed by atoms with Crippen molar-refractivity contribution in [2.45, 2.75) is 32.2 Å². The van der Waals surface area contributed by atoms with Crippen LogP contribution in [0.25, 0.3) is 11.4 Å². The normalized spacial score (nSPS) is 15.0. The Labute approximate surface area is 159 Å². The minimum Gasteiger partial charge on any atom is -0.370 e. The number of rotatable bonds is 6. The van der Waals surface area contributed by atoms with Gasteiger partial charge in [-0.2, -0.15) is 0 Å². The lowest BCUT2D eigenvalue weighted by Crippen LogP contribution is -2.16. The van der Waals surface area contributed by atoms with Crippen LogP contribution in [-0.2, 0) is 12.8 Å². The Balaban J connectivity index is 1.56. The van der Waals surface area contributed by atoms with Crippen molar-refractivity contribution in [1.82, 2.24) is 29.8 Å². The van der Waals surface area contributed by atoms with Gasteiger partial charge in [0.25, 0.3) is 0 Å².